The molecule has 0 N–H and O–H groups in total. The van der Waals surface area contributed by atoms with E-state index in [-0.39, 0.29) is 23.7 Å². The highest BCUT2D eigenvalue weighted by Gasteiger charge is 2.62. The summed E-state index contributed by atoms with van der Waals surface area (Å²) in [5, 5.41) is 4.17. The summed E-state index contributed by atoms with van der Waals surface area (Å²) >= 11 is 0. The van der Waals surface area contributed by atoms with Gasteiger partial charge < -0.3 is 0 Å². The van der Waals surface area contributed by atoms with E-state index < -0.39 is 12.0 Å². The first-order valence-electron chi connectivity index (χ1n) is 8.88. The number of nitrogens with zero attached hydrogens (tertiary/aromatic N) is 3. The van der Waals surface area contributed by atoms with E-state index in [0.29, 0.717) is 5.69 Å². The van der Waals surface area contributed by atoms with Gasteiger partial charge in [-0.1, -0.05) is 30.3 Å². The van der Waals surface area contributed by atoms with Crippen molar-refractivity contribution in [3.8, 4) is 0 Å². The zero-order chi connectivity index (χ0) is 17.8. The van der Waals surface area contributed by atoms with Gasteiger partial charge in [0, 0.05) is 13.1 Å². The van der Waals surface area contributed by atoms with E-state index in [9.17, 15) is 14.0 Å². The number of halogens is 1. The van der Waals surface area contributed by atoms with Crippen molar-refractivity contribution < 1.29 is 14.0 Å². The third-order valence-electron chi connectivity index (χ3n) is 5.63. The monoisotopic (exact) mass is 351 g/mol. The van der Waals surface area contributed by atoms with Crippen LogP contribution in [0.25, 0.3) is 0 Å². The van der Waals surface area contributed by atoms with Crippen molar-refractivity contribution in [2.24, 2.45) is 5.92 Å². The Morgan fingerprint density at radius 3 is 2.15 bits per heavy atom. The number of fused-ring (bicyclic) bond motifs is 3. The molecular formula is C20H18FN3O2. The summed E-state index contributed by atoms with van der Waals surface area (Å²) in [6, 6.07) is 14.7. The number of para-hydroxylation sites is 1. The van der Waals surface area contributed by atoms with Gasteiger partial charge in [0.05, 0.1) is 17.6 Å². The van der Waals surface area contributed by atoms with Crippen LogP contribution in [0.4, 0.5) is 10.1 Å². The molecule has 0 spiro atoms. The molecular weight excluding hydrogens is 333 g/mol. The third-order valence-corrected chi connectivity index (χ3v) is 5.63. The summed E-state index contributed by atoms with van der Waals surface area (Å²) in [5.74, 6) is -1.10. The lowest BCUT2D eigenvalue weighted by Crippen LogP contribution is -2.44. The second kappa shape index (κ2) is 5.72. The van der Waals surface area contributed by atoms with Crippen molar-refractivity contribution >= 4 is 17.5 Å². The van der Waals surface area contributed by atoms with Gasteiger partial charge in [0.1, 0.15) is 11.9 Å². The Bertz CT molecular complexity index is 870. The molecule has 3 saturated heterocycles. The molecule has 0 aromatic heterocycles. The molecule has 0 aliphatic carbocycles. The molecule has 0 unspecified atom stereocenters. The van der Waals surface area contributed by atoms with Crippen molar-refractivity contribution in [2.45, 2.75) is 18.5 Å². The van der Waals surface area contributed by atoms with Crippen molar-refractivity contribution in [1.82, 2.24) is 10.0 Å². The normalized spacial score (nSPS) is 28.7. The SMILES string of the molecule is O=C1[C@H]2[C@@H](C(=O)N1c1ccccc1)N1CCCN1[C@H]2c1ccc(F)cc1. The van der Waals surface area contributed by atoms with E-state index in [4.69, 9.17) is 0 Å². The van der Waals surface area contributed by atoms with Crippen LogP contribution in [-0.2, 0) is 9.59 Å². The molecule has 2 aromatic carbocycles. The van der Waals surface area contributed by atoms with Gasteiger partial charge in [0.15, 0.2) is 0 Å². The van der Waals surface area contributed by atoms with Crippen molar-refractivity contribution in [2.75, 3.05) is 18.0 Å². The second-order valence-corrected chi connectivity index (χ2v) is 6.99. The van der Waals surface area contributed by atoms with Crippen molar-refractivity contribution in [3.05, 3.63) is 66.0 Å². The fraction of sp³-hybridized carbons (Fsp3) is 0.300. The number of amides is 2. The van der Waals surface area contributed by atoms with Gasteiger partial charge >= 0.3 is 0 Å². The molecule has 132 valence electrons. The second-order valence-electron chi connectivity index (χ2n) is 6.99. The molecule has 2 aromatic rings. The number of carbonyl (C=O) groups is 2. The molecule has 3 atom stereocenters. The zero-order valence-corrected chi connectivity index (χ0v) is 14.1. The fourth-order valence-corrected chi connectivity index (χ4v) is 4.60. The van der Waals surface area contributed by atoms with Crippen LogP contribution in [0.3, 0.4) is 0 Å². The first-order valence-corrected chi connectivity index (χ1v) is 8.88. The van der Waals surface area contributed by atoms with Gasteiger partial charge in [-0.15, -0.1) is 0 Å². The maximum absolute atomic E-state index is 13.4. The van der Waals surface area contributed by atoms with Gasteiger partial charge in [-0.25, -0.2) is 19.3 Å². The zero-order valence-electron chi connectivity index (χ0n) is 14.1. The molecule has 3 aliphatic rings. The molecule has 3 aliphatic heterocycles. The first-order chi connectivity index (χ1) is 12.7. The number of anilines is 1. The number of carbonyl (C=O) groups excluding carboxylic acids is 2. The van der Waals surface area contributed by atoms with Gasteiger partial charge in [-0.05, 0) is 36.2 Å². The lowest BCUT2D eigenvalue weighted by atomic mass is 9.90. The Labute approximate surface area is 150 Å². The molecule has 0 bridgehead atoms. The number of rotatable bonds is 2. The lowest BCUT2D eigenvalue weighted by Gasteiger charge is -2.29. The van der Waals surface area contributed by atoms with E-state index in [0.717, 1.165) is 25.1 Å². The molecule has 0 radical (unpaired) electrons. The largest absolute Gasteiger partial charge is 0.274 e. The number of hydrogen-bond acceptors (Lipinski definition) is 4. The highest BCUT2D eigenvalue weighted by Crippen LogP contribution is 2.48. The fourth-order valence-electron chi connectivity index (χ4n) is 4.60. The summed E-state index contributed by atoms with van der Waals surface area (Å²) in [4.78, 5) is 27.7. The molecule has 2 amide bonds. The summed E-state index contributed by atoms with van der Waals surface area (Å²) in [6.45, 7) is 1.57. The van der Waals surface area contributed by atoms with Crippen LogP contribution in [0.15, 0.2) is 54.6 Å². The average Bonchev–Trinajstić information content (AvgIpc) is 3.29. The van der Waals surface area contributed by atoms with Gasteiger partial charge in [-0.2, -0.15) is 0 Å². The minimum absolute atomic E-state index is 0.164. The Kier molecular flexibility index (Phi) is 3.45. The molecule has 26 heavy (non-hydrogen) atoms. The topological polar surface area (TPSA) is 43.9 Å². The molecule has 0 saturated carbocycles. The minimum Gasteiger partial charge on any atom is -0.274 e. The Balaban J connectivity index is 1.59. The number of hydrogen-bond donors (Lipinski definition) is 0. The standard InChI is InChI=1S/C20H18FN3O2/c21-14-9-7-13(8-10-14)17-16-18(23-12-4-11-22(17)23)20(26)24(19(16)25)15-5-2-1-3-6-15/h1-3,5-10,16-18H,4,11-12H2/t16-,17+,18+/m1/s1. The Hall–Kier alpha value is -2.57. The molecule has 3 fully saturated rings. The summed E-state index contributed by atoms with van der Waals surface area (Å²) in [5.41, 5.74) is 1.49. The Morgan fingerprint density at radius 2 is 1.46 bits per heavy atom. The van der Waals surface area contributed by atoms with Crippen LogP contribution >= 0.6 is 0 Å². The summed E-state index contributed by atoms with van der Waals surface area (Å²) < 4.78 is 13.4. The lowest BCUT2D eigenvalue weighted by molar-refractivity contribution is -0.126. The molecule has 3 heterocycles. The van der Waals surface area contributed by atoms with Crippen molar-refractivity contribution in [3.63, 3.8) is 0 Å². The van der Waals surface area contributed by atoms with Gasteiger partial charge in [0.2, 0.25) is 5.91 Å². The predicted octanol–water partition coefficient (Wildman–Crippen LogP) is 2.36. The number of imide groups is 1. The van der Waals surface area contributed by atoms with E-state index in [2.05, 4.69) is 5.01 Å². The number of benzene rings is 2. The maximum Gasteiger partial charge on any atom is 0.253 e. The molecule has 5 rings (SSSR count). The highest BCUT2D eigenvalue weighted by atomic mass is 19.1. The number of hydrazine groups is 1. The van der Waals surface area contributed by atoms with Crippen LogP contribution in [0.5, 0.6) is 0 Å². The van der Waals surface area contributed by atoms with Crippen LogP contribution in [0, 0.1) is 11.7 Å². The van der Waals surface area contributed by atoms with E-state index in [1.54, 1.807) is 24.3 Å². The minimum atomic E-state index is -0.472. The highest BCUT2D eigenvalue weighted by molar-refractivity contribution is 6.24. The quantitative estimate of drug-likeness (QED) is 0.779. The Morgan fingerprint density at radius 1 is 0.808 bits per heavy atom. The summed E-state index contributed by atoms with van der Waals surface area (Å²) in [6.07, 6.45) is 0.952. The predicted molar refractivity (Wildman–Crippen MR) is 93.4 cm³/mol. The third kappa shape index (κ3) is 2.09. The van der Waals surface area contributed by atoms with Crippen molar-refractivity contribution in [1.29, 1.82) is 0 Å². The smallest absolute Gasteiger partial charge is 0.253 e. The molecule has 6 heteroatoms. The summed E-state index contributed by atoms with van der Waals surface area (Å²) in [7, 11) is 0. The average molecular weight is 351 g/mol. The first kappa shape index (κ1) is 15.7. The van der Waals surface area contributed by atoms with Crippen LogP contribution in [0.2, 0.25) is 0 Å². The van der Waals surface area contributed by atoms with E-state index >= 15 is 0 Å². The van der Waals surface area contributed by atoms with Crippen LogP contribution < -0.4 is 4.90 Å². The van der Waals surface area contributed by atoms with Gasteiger partial charge in [0.25, 0.3) is 5.91 Å². The van der Waals surface area contributed by atoms with E-state index in [1.807, 2.05) is 23.2 Å². The van der Waals surface area contributed by atoms with Gasteiger partial charge in [-0.3, -0.25) is 9.59 Å². The van der Waals surface area contributed by atoms with Crippen LogP contribution in [0.1, 0.15) is 18.0 Å². The van der Waals surface area contributed by atoms with E-state index in [1.165, 1.54) is 17.0 Å². The van der Waals surface area contributed by atoms with Crippen LogP contribution in [-0.4, -0.2) is 41.0 Å². The molecule has 5 nitrogen and oxygen atoms in total. The maximum atomic E-state index is 13.4.